The Morgan fingerprint density at radius 1 is 1.31 bits per heavy atom. The number of nitrogens with zero attached hydrogens (tertiary/aromatic N) is 1. The molecule has 1 atom stereocenters. The Kier molecular flexibility index (Phi) is 6.49. The molecular formula is C8H19N2O2S-. The van der Waals surface area contributed by atoms with Gasteiger partial charge in [-0.05, 0) is 27.7 Å². The molecule has 0 aliphatic heterocycles. The lowest BCUT2D eigenvalue weighted by molar-refractivity contribution is 0.178. The van der Waals surface area contributed by atoms with Crippen molar-refractivity contribution in [2.24, 2.45) is 0 Å². The molecule has 0 spiro atoms. The Morgan fingerprint density at radius 3 is 2.08 bits per heavy atom. The molecule has 0 amide bonds. The summed E-state index contributed by atoms with van der Waals surface area (Å²) in [5.41, 5.74) is 0. The fourth-order valence-corrected chi connectivity index (χ4v) is 1.63. The van der Waals surface area contributed by atoms with Crippen LogP contribution in [0.2, 0.25) is 0 Å². The van der Waals surface area contributed by atoms with E-state index in [1.807, 2.05) is 0 Å². The van der Waals surface area contributed by atoms with Gasteiger partial charge < -0.3 is 4.55 Å². The van der Waals surface area contributed by atoms with Crippen LogP contribution >= 0.6 is 0 Å². The van der Waals surface area contributed by atoms with Gasteiger partial charge in [-0.3, -0.25) is 9.11 Å². The Bertz CT molecular complexity index is 154. The molecule has 0 bridgehead atoms. The highest BCUT2D eigenvalue weighted by atomic mass is 32.2. The van der Waals surface area contributed by atoms with Crippen molar-refractivity contribution < 1.29 is 8.76 Å². The van der Waals surface area contributed by atoms with Crippen LogP contribution in [-0.2, 0) is 11.3 Å². The Morgan fingerprint density at radius 2 is 1.77 bits per heavy atom. The molecule has 0 fully saturated rings. The summed E-state index contributed by atoms with van der Waals surface area (Å²) >= 11 is -2.14. The van der Waals surface area contributed by atoms with E-state index >= 15 is 0 Å². The van der Waals surface area contributed by atoms with E-state index in [2.05, 4.69) is 37.3 Å². The summed E-state index contributed by atoms with van der Waals surface area (Å²) in [4.78, 5) is 2.24. The van der Waals surface area contributed by atoms with E-state index < -0.39 is 11.3 Å². The van der Waals surface area contributed by atoms with E-state index in [4.69, 9.17) is 0 Å². The molecule has 1 unspecified atom stereocenters. The minimum atomic E-state index is -2.14. The minimum absolute atomic E-state index is 0.446. The van der Waals surface area contributed by atoms with E-state index in [-0.39, 0.29) is 0 Å². The summed E-state index contributed by atoms with van der Waals surface area (Å²) in [6.07, 6.45) is 0. The third-order valence-corrected chi connectivity index (χ3v) is 2.36. The molecule has 0 saturated heterocycles. The SMILES string of the molecule is CC(C)N(CCNS(=O)[O-])C(C)C. The first-order valence-electron chi connectivity index (χ1n) is 4.53. The lowest BCUT2D eigenvalue weighted by Crippen LogP contribution is -2.41. The molecule has 0 rings (SSSR count). The average molecular weight is 207 g/mol. The highest BCUT2D eigenvalue weighted by Gasteiger charge is 2.11. The predicted octanol–water partition coefficient (Wildman–Crippen LogP) is 0.489. The van der Waals surface area contributed by atoms with Crippen molar-refractivity contribution >= 4 is 11.3 Å². The Hall–Kier alpha value is 0.0300. The molecule has 0 radical (unpaired) electrons. The maximum Gasteiger partial charge on any atom is 0.0199 e. The van der Waals surface area contributed by atoms with Gasteiger partial charge in [0, 0.05) is 36.4 Å². The zero-order chi connectivity index (χ0) is 10.4. The van der Waals surface area contributed by atoms with Crippen molar-refractivity contribution in [1.82, 2.24) is 9.62 Å². The molecule has 13 heavy (non-hydrogen) atoms. The van der Waals surface area contributed by atoms with Gasteiger partial charge in [-0.2, -0.15) is 0 Å². The van der Waals surface area contributed by atoms with Crippen molar-refractivity contribution in [1.29, 1.82) is 0 Å². The summed E-state index contributed by atoms with van der Waals surface area (Å²) in [5.74, 6) is 0. The van der Waals surface area contributed by atoms with E-state index in [0.29, 0.717) is 18.6 Å². The summed E-state index contributed by atoms with van der Waals surface area (Å²) in [5, 5.41) is 0. The van der Waals surface area contributed by atoms with Gasteiger partial charge in [-0.1, -0.05) is 0 Å². The lowest BCUT2D eigenvalue weighted by Gasteiger charge is -2.30. The monoisotopic (exact) mass is 207 g/mol. The molecule has 0 aliphatic carbocycles. The molecule has 4 nitrogen and oxygen atoms in total. The van der Waals surface area contributed by atoms with Gasteiger partial charge in [-0.15, -0.1) is 0 Å². The smallest absolute Gasteiger partial charge is 0.0199 e. The lowest BCUT2D eigenvalue weighted by atomic mass is 10.2. The molecular weight excluding hydrogens is 188 g/mol. The third-order valence-electron chi connectivity index (χ3n) is 1.92. The largest absolute Gasteiger partial charge is 0.760 e. The zero-order valence-electron chi connectivity index (χ0n) is 8.74. The van der Waals surface area contributed by atoms with Crippen molar-refractivity contribution in [3.63, 3.8) is 0 Å². The van der Waals surface area contributed by atoms with Gasteiger partial charge in [0.2, 0.25) is 0 Å². The highest BCUT2D eigenvalue weighted by Crippen LogP contribution is 2.02. The summed E-state index contributed by atoms with van der Waals surface area (Å²) < 4.78 is 22.7. The van der Waals surface area contributed by atoms with Gasteiger partial charge >= 0.3 is 0 Å². The number of hydrogen-bond donors (Lipinski definition) is 1. The Labute approximate surface area is 83.1 Å². The van der Waals surface area contributed by atoms with Crippen molar-refractivity contribution in [2.75, 3.05) is 13.1 Å². The first-order valence-corrected chi connectivity index (χ1v) is 5.61. The van der Waals surface area contributed by atoms with E-state index in [9.17, 15) is 8.76 Å². The van der Waals surface area contributed by atoms with Crippen molar-refractivity contribution in [3.05, 3.63) is 0 Å². The summed E-state index contributed by atoms with van der Waals surface area (Å²) in [6, 6.07) is 0.892. The number of hydrogen-bond acceptors (Lipinski definition) is 3. The van der Waals surface area contributed by atoms with Crippen LogP contribution in [0.5, 0.6) is 0 Å². The topological polar surface area (TPSA) is 55.4 Å². The maximum atomic E-state index is 10.2. The maximum absolute atomic E-state index is 10.2. The second-order valence-corrected chi connectivity index (χ2v) is 4.31. The molecule has 0 saturated carbocycles. The first kappa shape index (κ1) is 13.0. The summed E-state index contributed by atoms with van der Waals surface area (Å²) in [6.45, 7) is 9.65. The van der Waals surface area contributed by atoms with Gasteiger partial charge in [0.05, 0.1) is 0 Å². The fourth-order valence-electron chi connectivity index (χ4n) is 1.37. The van der Waals surface area contributed by atoms with Crippen LogP contribution in [0, 0.1) is 0 Å². The predicted molar refractivity (Wildman–Crippen MR) is 53.9 cm³/mol. The van der Waals surface area contributed by atoms with Gasteiger partial charge in [0.1, 0.15) is 0 Å². The fraction of sp³-hybridized carbons (Fsp3) is 1.00. The first-order chi connectivity index (χ1) is 5.95. The van der Waals surface area contributed by atoms with Crippen LogP contribution in [0.15, 0.2) is 0 Å². The van der Waals surface area contributed by atoms with Crippen LogP contribution < -0.4 is 4.72 Å². The summed E-state index contributed by atoms with van der Waals surface area (Å²) in [7, 11) is 0. The molecule has 0 aliphatic rings. The van der Waals surface area contributed by atoms with Gasteiger partial charge in [-0.25, -0.2) is 4.72 Å². The van der Waals surface area contributed by atoms with E-state index in [1.165, 1.54) is 0 Å². The molecule has 0 aromatic rings. The minimum Gasteiger partial charge on any atom is -0.760 e. The number of nitrogens with one attached hydrogen (secondary N) is 1. The van der Waals surface area contributed by atoms with E-state index in [0.717, 1.165) is 6.54 Å². The van der Waals surface area contributed by atoms with E-state index in [1.54, 1.807) is 0 Å². The van der Waals surface area contributed by atoms with Gasteiger partial charge in [0.15, 0.2) is 0 Å². The normalized spacial score (nSPS) is 14.5. The Balaban J connectivity index is 3.77. The second kappa shape index (κ2) is 6.48. The molecule has 1 N–H and O–H groups in total. The van der Waals surface area contributed by atoms with Crippen LogP contribution in [0.4, 0.5) is 0 Å². The quantitative estimate of drug-likeness (QED) is 0.645. The van der Waals surface area contributed by atoms with Crippen LogP contribution in [0.1, 0.15) is 27.7 Å². The van der Waals surface area contributed by atoms with Crippen LogP contribution in [0.25, 0.3) is 0 Å². The zero-order valence-corrected chi connectivity index (χ0v) is 9.56. The van der Waals surface area contributed by atoms with Crippen molar-refractivity contribution in [3.8, 4) is 0 Å². The van der Waals surface area contributed by atoms with Crippen molar-refractivity contribution in [2.45, 2.75) is 39.8 Å². The molecule has 5 heteroatoms. The standard InChI is InChI=1S/C8H20N2O2S/c1-7(2)10(8(3)4)6-5-9-13(11)12/h7-9H,5-6H2,1-4H3,(H,11,12)/p-1. The second-order valence-electron chi connectivity index (χ2n) is 3.55. The molecule has 0 heterocycles. The van der Waals surface area contributed by atoms with Crippen LogP contribution in [-0.4, -0.2) is 38.8 Å². The average Bonchev–Trinajstić information content (AvgIpc) is 1.95. The van der Waals surface area contributed by atoms with Gasteiger partial charge in [0.25, 0.3) is 0 Å². The highest BCUT2D eigenvalue weighted by molar-refractivity contribution is 7.77. The molecule has 0 aromatic heterocycles. The number of rotatable bonds is 6. The molecule has 80 valence electrons. The third kappa shape index (κ3) is 6.15. The van der Waals surface area contributed by atoms with Crippen LogP contribution in [0.3, 0.4) is 0 Å². The molecule has 0 aromatic carbocycles.